The molecule has 1 aliphatic heterocycles. The Balaban J connectivity index is 2.66. The van der Waals surface area contributed by atoms with E-state index in [1.165, 1.54) is 18.6 Å². The van der Waals surface area contributed by atoms with Crippen molar-refractivity contribution in [3.05, 3.63) is 25.3 Å². The third-order valence-electron chi connectivity index (χ3n) is 1.79. The zero-order valence-electron chi connectivity index (χ0n) is 6.25. The summed E-state index contributed by atoms with van der Waals surface area (Å²) >= 11 is 0. The van der Waals surface area contributed by atoms with Crippen molar-refractivity contribution in [2.45, 2.75) is 18.1 Å². The average Bonchev–Trinajstić information content (AvgIpc) is 2.36. The fourth-order valence-electron chi connectivity index (χ4n) is 1.29. The quantitative estimate of drug-likeness (QED) is 0.326. The molecule has 0 aromatic rings. The number of rotatable bonds is 2. The van der Waals surface area contributed by atoms with E-state index in [0.717, 1.165) is 5.25 Å². The number of allylic oxidation sites excluding steroid dienone is 1. The molecular formula is C9H14S. The molecule has 1 heterocycles. The van der Waals surface area contributed by atoms with Crippen LogP contribution in [0.25, 0.3) is 0 Å². The summed E-state index contributed by atoms with van der Waals surface area (Å²) in [4.78, 5) is 0. The van der Waals surface area contributed by atoms with Crippen LogP contribution in [0.5, 0.6) is 0 Å². The second kappa shape index (κ2) is 3.77. The maximum Gasteiger partial charge on any atom is 0.0175 e. The van der Waals surface area contributed by atoms with E-state index in [9.17, 15) is 0 Å². The summed E-state index contributed by atoms with van der Waals surface area (Å²) in [5.74, 6) is 1.35. The lowest BCUT2D eigenvalue weighted by Crippen LogP contribution is -1.91. The third kappa shape index (κ3) is 1.60. The predicted octanol–water partition coefficient (Wildman–Crippen LogP) is 2.59. The van der Waals surface area contributed by atoms with Gasteiger partial charge in [-0.2, -0.15) is 10.5 Å². The van der Waals surface area contributed by atoms with E-state index in [1.807, 2.05) is 6.08 Å². The van der Waals surface area contributed by atoms with E-state index in [0.29, 0.717) is 10.5 Å². The molecule has 0 spiro atoms. The Hall–Kier alpha value is -0.300. The normalized spacial score (nSPS) is 32.4. The molecule has 1 fully saturated rings. The van der Waals surface area contributed by atoms with E-state index in [2.05, 4.69) is 24.6 Å². The van der Waals surface area contributed by atoms with Crippen molar-refractivity contribution in [2.75, 3.05) is 5.75 Å². The van der Waals surface area contributed by atoms with Gasteiger partial charge in [-0.05, 0) is 24.0 Å². The van der Waals surface area contributed by atoms with E-state index in [1.54, 1.807) is 0 Å². The first-order valence-corrected chi connectivity index (χ1v) is 5.17. The summed E-state index contributed by atoms with van der Waals surface area (Å²) in [6.07, 6.45) is 6.71. The van der Waals surface area contributed by atoms with Gasteiger partial charge >= 0.3 is 0 Å². The van der Waals surface area contributed by atoms with Gasteiger partial charge in [0.2, 0.25) is 0 Å². The second-order valence-corrected chi connectivity index (χ2v) is 4.69. The fourth-order valence-corrected chi connectivity index (χ4v) is 3.39. The molecular weight excluding hydrogens is 140 g/mol. The largest absolute Gasteiger partial charge is 0.179 e. The van der Waals surface area contributed by atoms with Gasteiger partial charge in [-0.3, -0.25) is 0 Å². The summed E-state index contributed by atoms with van der Waals surface area (Å²) in [5, 5.41) is 2.98. The Morgan fingerprint density at radius 2 is 2.20 bits per heavy atom. The maximum atomic E-state index is 3.83. The molecule has 0 aromatic carbocycles. The molecule has 56 valence electrons. The highest BCUT2D eigenvalue weighted by molar-refractivity contribution is 8.16. The average molecular weight is 154 g/mol. The molecule has 0 amide bonds. The molecule has 1 rings (SSSR count). The molecule has 1 saturated heterocycles. The monoisotopic (exact) mass is 154 g/mol. The van der Waals surface area contributed by atoms with E-state index in [-0.39, 0.29) is 0 Å². The molecule has 0 nitrogen and oxygen atoms in total. The summed E-state index contributed by atoms with van der Waals surface area (Å²) in [5.41, 5.74) is 0. The molecule has 2 atom stereocenters. The van der Waals surface area contributed by atoms with Crippen molar-refractivity contribution >= 4 is 15.9 Å². The van der Waals surface area contributed by atoms with Gasteiger partial charge < -0.3 is 0 Å². The summed E-state index contributed by atoms with van der Waals surface area (Å²) in [7, 11) is 0.474. The zero-order valence-corrected chi connectivity index (χ0v) is 7.07. The molecule has 0 aliphatic carbocycles. The maximum absolute atomic E-state index is 3.83. The van der Waals surface area contributed by atoms with Crippen molar-refractivity contribution in [1.29, 1.82) is 0 Å². The molecule has 2 unspecified atom stereocenters. The Morgan fingerprint density at radius 1 is 1.40 bits per heavy atom. The van der Waals surface area contributed by atoms with Gasteiger partial charge in [0.05, 0.1) is 0 Å². The Labute approximate surface area is 65.6 Å². The lowest BCUT2D eigenvalue weighted by molar-refractivity contribution is 0.882. The highest BCUT2D eigenvalue weighted by atomic mass is 32.2. The molecule has 0 bridgehead atoms. The lowest BCUT2D eigenvalue weighted by Gasteiger charge is -2.04. The number of hydrogen-bond acceptors (Lipinski definition) is 0. The molecule has 1 heteroatoms. The molecule has 0 radical (unpaired) electrons. The summed E-state index contributed by atoms with van der Waals surface area (Å²) < 4.78 is 0. The molecule has 0 N–H and O–H groups in total. The molecule has 10 heavy (non-hydrogen) atoms. The SMILES string of the molecule is C=C/C=S1\CCCC1C=C. The highest BCUT2D eigenvalue weighted by Gasteiger charge is 2.14. The minimum atomic E-state index is 0.474. The van der Waals surface area contributed by atoms with Crippen LogP contribution in [-0.2, 0) is 0 Å². The summed E-state index contributed by atoms with van der Waals surface area (Å²) in [6.45, 7) is 7.54. The molecule has 0 aromatic heterocycles. The minimum absolute atomic E-state index is 0.474. The van der Waals surface area contributed by atoms with Gasteiger partial charge in [0.25, 0.3) is 0 Å². The van der Waals surface area contributed by atoms with Gasteiger partial charge in [0.15, 0.2) is 0 Å². The van der Waals surface area contributed by atoms with E-state index >= 15 is 0 Å². The predicted molar refractivity (Wildman–Crippen MR) is 51.9 cm³/mol. The van der Waals surface area contributed by atoms with E-state index < -0.39 is 0 Å². The first-order valence-electron chi connectivity index (χ1n) is 3.65. The van der Waals surface area contributed by atoms with Crippen LogP contribution in [-0.4, -0.2) is 16.4 Å². The first kappa shape index (κ1) is 7.80. The Morgan fingerprint density at radius 3 is 2.80 bits per heavy atom. The van der Waals surface area contributed by atoms with Crippen molar-refractivity contribution in [2.24, 2.45) is 0 Å². The lowest BCUT2D eigenvalue weighted by atomic mass is 10.2. The standard InChI is InChI=1S/C9H14S/c1-3-7-10-8-5-6-9(10)4-2/h3-4,7,9H,1-2,5-6,8H2. The zero-order chi connectivity index (χ0) is 7.40. The topological polar surface area (TPSA) is 0 Å². The van der Waals surface area contributed by atoms with Gasteiger partial charge in [-0.1, -0.05) is 18.7 Å². The van der Waals surface area contributed by atoms with Crippen LogP contribution < -0.4 is 0 Å². The van der Waals surface area contributed by atoms with Crippen LogP contribution >= 0.6 is 10.5 Å². The van der Waals surface area contributed by atoms with Crippen molar-refractivity contribution in [3.63, 3.8) is 0 Å². The van der Waals surface area contributed by atoms with Crippen LogP contribution in [0.4, 0.5) is 0 Å². The van der Waals surface area contributed by atoms with E-state index in [4.69, 9.17) is 0 Å². The minimum Gasteiger partial charge on any atom is -0.179 e. The Bertz CT molecular complexity index is 168. The highest BCUT2D eigenvalue weighted by Crippen LogP contribution is 2.33. The van der Waals surface area contributed by atoms with Crippen LogP contribution in [0.15, 0.2) is 25.3 Å². The summed E-state index contributed by atoms with van der Waals surface area (Å²) in [6, 6.07) is 0. The fraction of sp³-hybridized carbons (Fsp3) is 0.444. The van der Waals surface area contributed by atoms with Crippen molar-refractivity contribution < 1.29 is 0 Å². The van der Waals surface area contributed by atoms with Crippen LogP contribution in [0.1, 0.15) is 12.8 Å². The molecule has 1 aliphatic rings. The smallest absolute Gasteiger partial charge is 0.0175 e. The number of hydrogen-bond donors (Lipinski definition) is 0. The van der Waals surface area contributed by atoms with Crippen molar-refractivity contribution in [1.82, 2.24) is 0 Å². The Kier molecular flexibility index (Phi) is 2.94. The van der Waals surface area contributed by atoms with Gasteiger partial charge in [0, 0.05) is 5.25 Å². The molecule has 0 saturated carbocycles. The van der Waals surface area contributed by atoms with Gasteiger partial charge in [-0.25, -0.2) is 0 Å². The van der Waals surface area contributed by atoms with Gasteiger partial charge in [-0.15, -0.1) is 6.58 Å². The van der Waals surface area contributed by atoms with Crippen LogP contribution in [0.2, 0.25) is 0 Å². The van der Waals surface area contributed by atoms with Crippen LogP contribution in [0.3, 0.4) is 0 Å². The van der Waals surface area contributed by atoms with Crippen molar-refractivity contribution in [3.8, 4) is 0 Å². The first-order chi connectivity index (χ1) is 4.88. The third-order valence-corrected chi connectivity index (χ3v) is 4.30. The van der Waals surface area contributed by atoms with Crippen LogP contribution in [0, 0.1) is 0 Å². The van der Waals surface area contributed by atoms with Gasteiger partial charge in [0.1, 0.15) is 0 Å². The second-order valence-electron chi connectivity index (χ2n) is 2.46.